The van der Waals surface area contributed by atoms with E-state index < -0.39 is 0 Å². The zero-order valence-corrected chi connectivity index (χ0v) is 18.8. The van der Waals surface area contributed by atoms with E-state index in [2.05, 4.69) is 52.8 Å². The van der Waals surface area contributed by atoms with E-state index in [1.165, 1.54) is 37.7 Å². The number of piperidine rings is 1. The van der Waals surface area contributed by atoms with Gasteiger partial charge >= 0.3 is 0 Å². The summed E-state index contributed by atoms with van der Waals surface area (Å²) in [4.78, 5) is 26.9. The molecule has 3 aromatic rings. The van der Waals surface area contributed by atoms with Crippen LogP contribution in [-0.2, 0) is 0 Å². The van der Waals surface area contributed by atoms with Crippen molar-refractivity contribution >= 4 is 16.9 Å². The van der Waals surface area contributed by atoms with E-state index >= 15 is 0 Å². The molecule has 0 radical (unpaired) electrons. The Balaban J connectivity index is 1.88. The lowest BCUT2D eigenvalue weighted by molar-refractivity contribution is 0.0496. The number of nitrogens with zero attached hydrogens (tertiary/aromatic N) is 3. The molecular formula is C25H33N5O. The average molecular weight is 420 g/mol. The summed E-state index contributed by atoms with van der Waals surface area (Å²) in [5.41, 5.74) is 8.85. The van der Waals surface area contributed by atoms with E-state index in [9.17, 15) is 4.79 Å². The number of pyridine rings is 1. The van der Waals surface area contributed by atoms with Gasteiger partial charge in [0.05, 0.1) is 11.3 Å². The van der Waals surface area contributed by atoms with Crippen LogP contribution in [0.15, 0.2) is 41.3 Å². The molecule has 3 unspecified atom stereocenters. The van der Waals surface area contributed by atoms with Gasteiger partial charge in [0, 0.05) is 35.2 Å². The molecule has 1 fully saturated rings. The van der Waals surface area contributed by atoms with Crippen molar-refractivity contribution in [1.82, 2.24) is 19.9 Å². The van der Waals surface area contributed by atoms with E-state index in [1.807, 2.05) is 12.1 Å². The lowest BCUT2D eigenvalue weighted by Gasteiger charge is -2.45. The van der Waals surface area contributed by atoms with Crippen LogP contribution in [0, 0.1) is 0 Å². The highest BCUT2D eigenvalue weighted by Gasteiger charge is 2.32. The summed E-state index contributed by atoms with van der Waals surface area (Å²) >= 11 is 0. The highest BCUT2D eigenvalue weighted by Crippen LogP contribution is 2.38. The molecular weight excluding hydrogens is 386 g/mol. The molecule has 0 aliphatic carbocycles. The number of nitrogens with two attached hydrogens (primary N) is 1. The maximum absolute atomic E-state index is 12.8. The standard InChI is InChI=1S/C25H33N5O/c1-4-5-12-23(30-16(2)8-6-9-17(30)3)18-10-7-11-21-19(18)15-20(24(31)28-21)22-13-14-27-25(26)29-22/h7,10-11,13-17,23H,4-6,8-9,12H2,1-3H3,(H,28,31)(H2,26,27,29). The molecule has 3 heterocycles. The number of aromatic nitrogens is 3. The summed E-state index contributed by atoms with van der Waals surface area (Å²) in [6.07, 6.45) is 8.81. The third-order valence-electron chi connectivity index (χ3n) is 6.68. The van der Waals surface area contributed by atoms with Crippen LogP contribution in [-0.4, -0.2) is 31.9 Å². The number of nitrogens with one attached hydrogen (secondary N) is 1. The second kappa shape index (κ2) is 9.18. The largest absolute Gasteiger partial charge is 0.368 e. The van der Waals surface area contributed by atoms with Crippen LogP contribution in [0.25, 0.3) is 22.2 Å². The number of likely N-dealkylation sites (tertiary alicyclic amines) is 1. The normalized spacial score (nSPS) is 20.7. The lowest BCUT2D eigenvalue weighted by Crippen LogP contribution is -2.46. The summed E-state index contributed by atoms with van der Waals surface area (Å²) < 4.78 is 0. The Labute approximate surface area is 183 Å². The maximum Gasteiger partial charge on any atom is 0.257 e. The predicted molar refractivity (Wildman–Crippen MR) is 127 cm³/mol. The summed E-state index contributed by atoms with van der Waals surface area (Å²) in [7, 11) is 0. The summed E-state index contributed by atoms with van der Waals surface area (Å²) in [5, 5.41) is 1.08. The van der Waals surface area contributed by atoms with Crippen LogP contribution in [0.3, 0.4) is 0 Å². The second-order valence-electron chi connectivity index (χ2n) is 8.85. The third kappa shape index (κ3) is 4.35. The first-order chi connectivity index (χ1) is 15.0. The molecule has 1 aliphatic rings. The van der Waals surface area contributed by atoms with Crippen molar-refractivity contribution in [2.75, 3.05) is 5.73 Å². The Morgan fingerprint density at radius 3 is 2.71 bits per heavy atom. The molecule has 31 heavy (non-hydrogen) atoms. The van der Waals surface area contributed by atoms with Gasteiger partial charge in [-0.1, -0.05) is 38.3 Å². The lowest BCUT2D eigenvalue weighted by atomic mass is 9.88. The van der Waals surface area contributed by atoms with Crippen molar-refractivity contribution < 1.29 is 0 Å². The Morgan fingerprint density at radius 1 is 1.23 bits per heavy atom. The van der Waals surface area contributed by atoms with Gasteiger partial charge in [0.1, 0.15) is 0 Å². The van der Waals surface area contributed by atoms with Gasteiger partial charge in [-0.25, -0.2) is 9.97 Å². The topological polar surface area (TPSA) is 87.9 Å². The zero-order valence-electron chi connectivity index (χ0n) is 18.8. The van der Waals surface area contributed by atoms with Crippen LogP contribution in [0.4, 0.5) is 5.95 Å². The fourth-order valence-corrected chi connectivity index (χ4v) is 5.18. The second-order valence-corrected chi connectivity index (χ2v) is 8.85. The molecule has 0 bridgehead atoms. The highest BCUT2D eigenvalue weighted by molar-refractivity contribution is 5.86. The minimum Gasteiger partial charge on any atom is -0.368 e. The first kappa shape index (κ1) is 21.5. The van der Waals surface area contributed by atoms with Gasteiger partial charge in [-0.15, -0.1) is 0 Å². The fraction of sp³-hybridized carbons (Fsp3) is 0.480. The minimum absolute atomic E-state index is 0.160. The first-order valence-electron chi connectivity index (χ1n) is 11.5. The van der Waals surface area contributed by atoms with Gasteiger partial charge in [0.25, 0.3) is 5.56 Å². The smallest absolute Gasteiger partial charge is 0.257 e. The number of hydrogen-bond acceptors (Lipinski definition) is 5. The monoisotopic (exact) mass is 419 g/mol. The summed E-state index contributed by atoms with van der Waals surface area (Å²) in [6, 6.07) is 11.4. The van der Waals surface area contributed by atoms with E-state index in [4.69, 9.17) is 5.73 Å². The molecule has 1 aliphatic heterocycles. The molecule has 0 spiro atoms. The number of unbranched alkanes of at least 4 members (excludes halogenated alkanes) is 1. The van der Waals surface area contributed by atoms with Crippen molar-refractivity contribution in [2.24, 2.45) is 0 Å². The number of H-pyrrole nitrogens is 1. The quantitative estimate of drug-likeness (QED) is 0.583. The van der Waals surface area contributed by atoms with Crippen molar-refractivity contribution in [1.29, 1.82) is 0 Å². The van der Waals surface area contributed by atoms with Crippen LogP contribution >= 0.6 is 0 Å². The molecule has 6 heteroatoms. The Kier molecular flexibility index (Phi) is 6.37. The third-order valence-corrected chi connectivity index (χ3v) is 6.68. The number of nitrogen functional groups attached to an aromatic ring is 1. The van der Waals surface area contributed by atoms with Gasteiger partial charge in [0.15, 0.2) is 0 Å². The number of aromatic amines is 1. The van der Waals surface area contributed by atoms with Crippen molar-refractivity contribution in [3.8, 4) is 11.3 Å². The number of fused-ring (bicyclic) bond motifs is 1. The van der Waals surface area contributed by atoms with Gasteiger partial charge < -0.3 is 10.7 Å². The van der Waals surface area contributed by atoms with Crippen LogP contribution in [0.1, 0.15) is 70.9 Å². The zero-order chi connectivity index (χ0) is 22.0. The van der Waals surface area contributed by atoms with Gasteiger partial charge in [0.2, 0.25) is 5.95 Å². The highest BCUT2D eigenvalue weighted by atomic mass is 16.1. The molecule has 6 nitrogen and oxygen atoms in total. The van der Waals surface area contributed by atoms with Crippen LogP contribution in [0.5, 0.6) is 0 Å². The minimum atomic E-state index is -0.160. The molecule has 3 N–H and O–H groups in total. The van der Waals surface area contributed by atoms with Crippen LogP contribution in [0.2, 0.25) is 0 Å². The maximum atomic E-state index is 12.8. The van der Waals surface area contributed by atoms with Crippen molar-refractivity contribution in [3.63, 3.8) is 0 Å². The van der Waals surface area contributed by atoms with Gasteiger partial charge in [-0.05, 0) is 56.9 Å². The summed E-state index contributed by atoms with van der Waals surface area (Å²) in [5.74, 6) is 0.169. The molecule has 3 atom stereocenters. The number of rotatable bonds is 6. The molecule has 164 valence electrons. The molecule has 0 amide bonds. The Hall–Kier alpha value is -2.73. The van der Waals surface area contributed by atoms with Crippen LogP contribution < -0.4 is 11.3 Å². The summed E-state index contributed by atoms with van der Waals surface area (Å²) in [6.45, 7) is 6.96. The number of hydrogen-bond donors (Lipinski definition) is 2. The Morgan fingerprint density at radius 2 is 2.00 bits per heavy atom. The number of anilines is 1. The first-order valence-corrected chi connectivity index (χ1v) is 11.5. The van der Waals surface area contributed by atoms with Crippen molar-refractivity contribution in [3.05, 3.63) is 52.4 Å². The fourth-order valence-electron chi connectivity index (χ4n) is 5.18. The average Bonchev–Trinajstić information content (AvgIpc) is 2.75. The number of benzene rings is 1. The van der Waals surface area contributed by atoms with E-state index in [0.717, 1.165) is 17.3 Å². The van der Waals surface area contributed by atoms with E-state index in [-0.39, 0.29) is 11.5 Å². The Bertz CT molecular complexity index is 1100. The van der Waals surface area contributed by atoms with Gasteiger partial charge in [-0.2, -0.15) is 0 Å². The van der Waals surface area contributed by atoms with Crippen molar-refractivity contribution in [2.45, 2.75) is 77.4 Å². The molecule has 4 rings (SSSR count). The van der Waals surface area contributed by atoms with E-state index in [1.54, 1.807) is 12.3 Å². The molecule has 0 saturated carbocycles. The van der Waals surface area contributed by atoms with Gasteiger partial charge in [-0.3, -0.25) is 9.69 Å². The van der Waals surface area contributed by atoms with E-state index in [0.29, 0.717) is 29.4 Å². The molecule has 2 aromatic heterocycles. The SMILES string of the molecule is CCCCC(c1cccc2[nH]c(=O)c(-c3ccnc(N)n3)cc12)N1C(C)CCCC1C. The molecule has 1 saturated heterocycles. The molecule has 1 aromatic carbocycles. The predicted octanol–water partition coefficient (Wildman–Crippen LogP) is 5.06.